The van der Waals surface area contributed by atoms with Crippen molar-refractivity contribution in [2.75, 3.05) is 5.73 Å². The molecule has 1 aromatic heterocycles. The molecule has 0 aliphatic rings. The summed E-state index contributed by atoms with van der Waals surface area (Å²) < 4.78 is 1.68. The summed E-state index contributed by atoms with van der Waals surface area (Å²) in [7, 11) is 1.82. The zero-order valence-corrected chi connectivity index (χ0v) is 12.1. The summed E-state index contributed by atoms with van der Waals surface area (Å²) in [5.41, 5.74) is 8.03. The van der Waals surface area contributed by atoms with Gasteiger partial charge in [0.1, 0.15) is 0 Å². The van der Waals surface area contributed by atoms with E-state index in [1.165, 1.54) is 0 Å². The topological polar surface area (TPSA) is 93.6 Å². The highest BCUT2D eigenvalue weighted by Crippen LogP contribution is 2.27. The van der Waals surface area contributed by atoms with Crippen LogP contribution < -0.4 is 10.6 Å². The average molecular weight is 290 g/mol. The lowest BCUT2D eigenvalue weighted by molar-refractivity contribution is -0.0586. The van der Waals surface area contributed by atoms with Gasteiger partial charge < -0.3 is 15.7 Å². The largest absolute Gasteiger partial charge is 0.463 e. The minimum absolute atomic E-state index is 0.314. The van der Waals surface area contributed by atoms with Crippen molar-refractivity contribution in [3.8, 4) is 16.9 Å². The van der Waals surface area contributed by atoms with Crippen molar-refractivity contribution in [1.29, 1.82) is 0 Å². The molecule has 3 N–H and O–H groups in total. The molecule has 1 amide bonds. The van der Waals surface area contributed by atoms with Crippen LogP contribution >= 0.6 is 0 Å². The Balaban J connectivity index is 2.33. The lowest BCUT2D eigenvalue weighted by Gasteiger charge is -2.23. The molecule has 112 valence electrons. The first kappa shape index (κ1) is 14.7. The molecule has 2 aromatic rings. The molecule has 0 aliphatic carbocycles. The third kappa shape index (κ3) is 3.44. The molecule has 21 heavy (non-hydrogen) atoms. The van der Waals surface area contributed by atoms with Crippen molar-refractivity contribution in [3.63, 3.8) is 0 Å². The van der Waals surface area contributed by atoms with E-state index in [0.29, 0.717) is 11.4 Å². The molecule has 0 aliphatic heterocycles. The molecule has 0 radical (unpaired) electrons. The van der Waals surface area contributed by atoms with Gasteiger partial charge in [0.2, 0.25) is 0 Å². The molecule has 0 spiro atoms. The van der Waals surface area contributed by atoms with Crippen LogP contribution in [0.5, 0.6) is 5.75 Å². The number of carboxylic acid groups (broad SMARTS) is 1. The maximum Gasteiger partial charge on any atom is 0.440 e. The number of benzene rings is 1. The minimum atomic E-state index is -1.16. The van der Waals surface area contributed by atoms with E-state index in [1.807, 2.05) is 13.2 Å². The summed E-state index contributed by atoms with van der Waals surface area (Å²) in [4.78, 5) is 16.6. The Kier molecular flexibility index (Phi) is 4.02. The Bertz CT molecular complexity index is 651. The quantitative estimate of drug-likeness (QED) is 0.666. The highest BCUT2D eigenvalue weighted by molar-refractivity contribution is 5.69. The molecule has 7 nitrogen and oxygen atoms in total. The Labute approximate surface area is 122 Å². The maximum atomic E-state index is 11.1. The van der Waals surface area contributed by atoms with Crippen LogP contribution in [0.25, 0.3) is 11.1 Å². The summed E-state index contributed by atoms with van der Waals surface area (Å²) in [5.74, 6) is 0.366. The number of aryl methyl sites for hydroxylation is 1. The molecule has 0 fully saturated rings. The molecule has 1 aromatic carbocycles. The number of nitrogens with two attached hydrogens (primary N) is 1. The van der Waals surface area contributed by atoms with Gasteiger partial charge in [0.05, 0.1) is 12.2 Å². The first-order valence-electron chi connectivity index (χ1n) is 6.46. The first-order chi connectivity index (χ1) is 9.86. The molecule has 1 heterocycles. The van der Waals surface area contributed by atoms with Gasteiger partial charge in [0, 0.05) is 30.6 Å². The number of nitrogens with zero attached hydrogens (tertiary/aromatic N) is 3. The van der Waals surface area contributed by atoms with Gasteiger partial charge in [-0.2, -0.15) is 5.10 Å². The molecule has 0 saturated carbocycles. The number of anilines is 1. The molecular formula is C14H18N4O3. The van der Waals surface area contributed by atoms with Gasteiger partial charge in [0.25, 0.3) is 0 Å². The van der Waals surface area contributed by atoms with Crippen molar-refractivity contribution in [3.05, 3.63) is 30.6 Å². The second-order valence-corrected chi connectivity index (χ2v) is 4.99. The normalized spacial score (nSPS) is 10.7. The summed E-state index contributed by atoms with van der Waals surface area (Å²) >= 11 is 0. The van der Waals surface area contributed by atoms with Crippen molar-refractivity contribution < 1.29 is 14.7 Å². The lowest BCUT2D eigenvalue weighted by Crippen LogP contribution is -2.38. The zero-order valence-electron chi connectivity index (χ0n) is 12.1. The summed E-state index contributed by atoms with van der Waals surface area (Å²) in [6.07, 6.45) is 2.39. The summed E-state index contributed by atoms with van der Waals surface area (Å²) in [6.45, 7) is 3.45. The number of nitrogen functional groups attached to an aromatic ring is 1. The number of rotatable bonds is 4. The van der Waals surface area contributed by atoms with E-state index in [-0.39, 0.29) is 6.04 Å². The third-order valence-electron chi connectivity index (χ3n) is 2.83. The number of hydroxylamine groups is 2. The monoisotopic (exact) mass is 290 g/mol. The molecular weight excluding hydrogens is 272 g/mol. The van der Waals surface area contributed by atoms with Crippen LogP contribution in [0.1, 0.15) is 13.8 Å². The molecule has 0 bridgehead atoms. The van der Waals surface area contributed by atoms with Crippen molar-refractivity contribution in [2.24, 2.45) is 7.05 Å². The predicted molar refractivity (Wildman–Crippen MR) is 78.7 cm³/mol. The van der Waals surface area contributed by atoms with Crippen LogP contribution in [-0.2, 0) is 7.05 Å². The fourth-order valence-electron chi connectivity index (χ4n) is 1.89. The third-order valence-corrected chi connectivity index (χ3v) is 2.83. The van der Waals surface area contributed by atoms with Gasteiger partial charge in [-0.1, -0.05) is 0 Å². The first-order valence-corrected chi connectivity index (χ1v) is 6.46. The molecule has 0 atom stereocenters. The molecule has 2 rings (SSSR count). The summed E-state index contributed by atoms with van der Waals surface area (Å²) in [6, 6.07) is 4.78. The molecule has 0 saturated heterocycles. The van der Waals surface area contributed by atoms with Gasteiger partial charge >= 0.3 is 6.09 Å². The highest BCUT2D eigenvalue weighted by Gasteiger charge is 2.18. The van der Waals surface area contributed by atoms with Crippen LogP contribution in [-0.4, -0.2) is 32.1 Å². The fraction of sp³-hybridized carbons (Fsp3) is 0.286. The number of amides is 1. The Morgan fingerprint density at radius 3 is 2.62 bits per heavy atom. The van der Waals surface area contributed by atoms with E-state index in [4.69, 9.17) is 15.7 Å². The van der Waals surface area contributed by atoms with Crippen LogP contribution in [0.4, 0.5) is 10.5 Å². The van der Waals surface area contributed by atoms with Gasteiger partial charge in [-0.3, -0.25) is 4.68 Å². The van der Waals surface area contributed by atoms with E-state index in [0.717, 1.165) is 16.2 Å². The Morgan fingerprint density at radius 1 is 1.38 bits per heavy atom. The second kappa shape index (κ2) is 5.74. The number of carbonyl (C=O) groups is 1. The van der Waals surface area contributed by atoms with Crippen LogP contribution in [0, 0.1) is 0 Å². The van der Waals surface area contributed by atoms with E-state index in [2.05, 4.69) is 5.10 Å². The standard InChI is InChI=1S/C14H18N4O3/c1-9(2)18(14(19)20)21-13-5-10(4-12(15)6-13)11-7-16-17(3)8-11/h4-9H,15H2,1-3H3,(H,19,20). The molecule has 0 unspecified atom stereocenters. The Hall–Kier alpha value is -2.70. The van der Waals surface area contributed by atoms with E-state index in [9.17, 15) is 4.79 Å². The average Bonchev–Trinajstić information content (AvgIpc) is 2.81. The van der Waals surface area contributed by atoms with Crippen LogP contribution in [0.2, 0.25) is 0 Å². The highest BCUT2D eigenvalue weighted by atomic mass is 16.7. The van der Waals surface area contributed by atoms with E-state index >= 15 is 0 Å². The van der Waals surface area contributed by atoms with Gasteiger partial charge in [0.15, 0.2) is 5.75 Å². The van der Waals surface area contributed by atoms with E-state index < -0.39 is 6.09 Å². The lowest BCUT2D eigenvalue weighted by atomic mass is 10.1. The maximum absolute atomic E-state index is 11.1. The number of hydrogen-bond donors (Lipinski definition) is 2. The number of hydrogen-bond acceptors (Lipinski definition) is 4. The van der Waals surface area contributed by atoms with Crippen molar-refractivity contribution >= 4 is 11.8 Å². The minimum Gasteiger partial charge on any atom is -0.463 e. The number of aromatic nitrogens is 2. The van der Waals surface area contributed by atoms with Gasteiger partial charge in [-0.05, 0) is 31.5 Å². The van der Waals surface area contributed by atoms with Gasteiger partial charge in [-0.15, -0.1) is 5.06 Å². The van der Waals surface area contributed by atoms with Crippen molar-refractivity contribution in [1.82, 2.24) is 14.8 Å². The fourth-order valence-corrected chi connectivity index (χ4v) is 1.89. The second-order valence-electron chi connectivity index (χ2n) is 4.99. The Morgan fingerprint density at radius 2 is 2.10 bits per heavy atom. The molecule has 7 heteroatoms. The SMILES string of the molecule is CC(C)N(Oc1cc(N)cc(-c2cnn(C)c2)c1)C(=O)O. The smallest absolute Gasteiger partial charge is 0.440 e. The van der Waals surface area contributed by atoms with Crippen LogP contribution in [0.15, 0.2) is 30.6 Å². The van der Waals surface area contributed by atoms with Crippen LogP contribution in [0.3, 0.4) is 0 Å². The van der Waals surface area contributed by atoms with Gasteiger partial charge in [-0.25, -0.2) is 4.79 Å². The summed E-state index contributed by atoms with van der Waals surface area (Å²) in [5, 5.41) is 14.1. The predicted octanol–water partition coefficient (Wildman–Crippen LogP) is 2.35. The van der Waals surface area contributed by atoms with E-state index in [1.54, 1.807) is 42.9 Å². The van der Waals surface area contributed by atoms with Crippen molar-refractivity contribution in [2.45, 2.75) is 19.9 Å². The zero-order chi connectivity index (χ0) is 15.6.